The standard InChI is InChI=1S/C22H30N2O3/c1-7-24(21-9-8-17(12-23-21)22(25)26)19-11-20(27-13-14(2)3)18(15(4)5)10-16(19)6/h8-12,14-15H,7,13H2,1-6H3,(H,25,26). The van der Waals surface area contributed by atoms with Gasteiger partial charge in [0, 0.05) is 24.5 Å². The largest absolute Gasteiger partial charge is 0.493 e. The van der Waals surface area contributed by atoms with Gasteiger partial charge in [-0.25, -0.2) is 9.78 Å². The van der Waals surface area contributed by atoms with Crippen molar-refractivity contribution in [1.82, 2.24) is 4.98 Å². The van der Waals surface area contributed by atoms with Crippen LogP contribution in [0.1, 0.15) is 62.0 Å². The number of hydrogen-bond acceptors (Lipinski definition) is 4. The molecule has 2 aromatic rings. The van der Waals surface area contributed by atoms with E-state index in [1.807, 2.05) is 0 Å². The Bertz CT molecular complexity index is 783. The molecule has 2 rings (SSSR count). The molecule has 146 valence electrons. The number of carboxylic acids is 1. The van der Waals surface area contributed by atoms with Crippen molar-refractivity contribution in [2.75, 3.05) is 18.1 Å². The van der Waals surface area contributed by atoms with Crippen molar-refractivity contribution >= 4 is 17.5 Å². The molecule has 0 aliphatic carbocycles. The summed E-state index contributed by atoms with van der Waals surface area (Å²) in [6.45, 7) is 14.1. The highest BCUT2D eigenvalue weighted by atomic mass is 16.5. The van der Waals surface area contributed by atoms with Crippen LogP contribution in [0.3, 0.4) is 0 Å². The van der Waals surface area contributed by atoms with Crippen molar-refractivity contribution in [1.29, 1.82) is 0 Å². The fourth-order valence-corrected chi connectivity index (χ4v) is 2.95. The van der Waals surface area contributed by atoms with E-state index < -0.39 is 5.97 Å². The number of benzene rings is 1. The van der Waals surface area contributed by atoms with Crippen LogP contribution in [0.15, 0.2) is 30.5 Å². The third kappa shape index (κ3) is 5.00. The second-order valence-corrected chi connectivity index (χ2v) is 7.49. The van der Waals surface area contributed by atoms with Gasteiger partial charge in [0.05, 0.1) is 12.2 Å². The molecule has 0 amide bonds. The number of carboxylic acid groups (broad SMARTS) is 1. The van der Waals surface area contributed by atoms with Gasteiger partial charge in [-0.1, -0.05) is 33.8 Å². The number of anilines is 2. The van der Waals surface area contributed by atoms with E-state index in [0.29, 0.717) is 25.0 Å². The van der Waals surface area contributed by atoms with E-state index in [-0.39, 0.29) is 5.56 Å². The molecule has 1 aromatic carbocycles. The molecule has 0 aliphatic rings. The van der Waals surface area contributed by atoms with Gasteiger partial charge in [-0.3, -0.25) is 0 Å². The lowest BCUT2D eigenvalue weighted by Crippen LogP contribution is -2.19. The number of aromatic nitrogens is 1. The van der Waals surface area contributed by atoms with E-state index in [9.17, 15) is 4.79 Å². The lowest BCUT2D eigenvalue weighted by Gasteiger charge is -2.26. The zero-order valence-corrected chi connectivity index (χ0v) is 17.1. The molecule has 5 heteroatoms. The molecule has 0 aliphatic heterocycles. The van der Waals surface area contributed by atoms with Crippen molar-refractivity contribution in [2.24, 2.45) is 5.92 Å². The molecule has 0 saturated heterocycles. The molecule has 1 aromatic heterocycles. The number of aryl methyl sites for hydroxylation is 1. The first-order valence-corrected chi connectivity index (χ1v) is 9.48. The fourth-order valence-electron chi connectivity index (χ4n) is 2.95. The van der Waals surface area contributed by atoms with Crippen molar-refractivity contribution in [3.8, 4) is 5.75 Å². The van der Waals surface area contributed by atoms with E-state index >= 15 is 0 Å². The topological polar surface area (TPSA) is 62.7 Å². The van der Waals surface area contributed by atoms with Gasteiger partial charge in [-0.15, -0.1) is 0 Å². The van der Waals surface area contributed by atoms with E-state index in [1.165, 1.54) is 11.8 Å². The molecule has 0 atom stereocenters. The minimum atomic E-state index is -0.973. The zero-order chi connectivity index (χ0) is 20.1. The summed E-state index contributed by atoms with van der Waals surface area (Å²) < 4.78 is 6.11. The number of aromatic carboxylic acids is 1. The van der Waals surface area contributed by atoms with Crippen LogP contribution < -0.4 is 9.64 Å². The van der Waals surface area contributed by atoms with E-state index in [0.717, 1.165) is 22.8 Å². The number of carbonyl (C=O) groups is 1. The summed E-state index contributed by atoms with van der Waals surface area (Å²) in [5, 5.41) is 9.09. The monoisotopic (exact) mass is 370 g/mol. The normalized spacial score (nSPS) is 11.1. The highest BCUT2D eigenvalue weighted by molar-refractivity contribution is 5.87. The van der Waals surface area contributed by atoms with Crippen LogP contribution in [0, 0.1) is 12.8 Å². The van der Waals surface area contributed by atoms with Crippen LogP contribution in [0.2, 0.25) is 0 Å². The van der Waals surface area contributed by atoms with Crippen LogP contribution in [0.25, 0.3) is 0 Å². The van der Waals surface area contributed by atoms with Gasteiger partial charge in [0.25, 0.3) is 0 Å². The summed E-state index contributed by atoms with van der Waals surface area (Å²) in [7, 11) is 0. The average molecular weight is 370 g/mol. The van der Waals surface area contributed by atoms with E-state index in [2.05, 4.69) is 63.6 Å². The van der Waals surface area contributed by atoms with Gasteiger partial charge in [0.15, 0.2) is 0 Å². The smallest absolute Gasteiger partial charge is 0.337 e. The lowest BCUT2D eigenvalue weighted by atomic mass is 9.98. The predicted molar refractivity (Wildman–Crippen MR) is 109 cm³/mol. The molecular formula is C22H30N2O3. The van der Waals surface area contributed by atoms with E-state index in [1.54, 1.807) is 12.1 Å². The molecule has 1 N–H and O–H groups in total. The Morgan fingerprint density at radius 3 is 2.41 bits per heavy atom. The number of nitrogens with zero attached hydrogens (tertiary/aromatic N) is 2. The molecular weight excluding hydrogens is 340 g/mol. The zero-order valence-electron chi connectivity index (χ0n) is 17.1. The number of pyridine rings is 1. The average Bonchev–Trinajstić information content (AvgIpc) is 2.62. The molecule has 0 fully saturated rings. The van der Waals surface area contributed by atoms with Gasteiger partial charge in [-0.05, 0) is 48.9 Å². The Morgan fingerprint density at radius 2 is 1.93 bits per heavy atom. The van der Waals surface area contributed by atoms with Gasteiger partial charge < -0.3 is 14.7 Å². The highest BCUT2D eigenvalue weighted by Crippen LogP contribution is 2.36. The first-order valence-electron chi connectivity index (χ1n) is 9.48. The van der Waals surface area contributed by atoms with Crippen LogP contribution >= 0.6 is 0 Å². The summed E-state index contributed by atoms with van der Waals surface area (Å²) in [5.74, 6) is 1.46. The van der Waals surface area contributed by atoms with Gasteiger partial charge in [0.1, 0.15) is 11.6 Å². The Labute approximate surface area is 162 Å². The third-order valence-corrected chi connectivity index (χ3v) is 4.40. The van der Waals surface area contributed by atoms with E-state index in [4.69, 9.17) is 9.84 Å². The van der Waals surface area contributed by atoms with Crippen molar-refractivity contribution in [3.63, 3.8) is 0 Å². The molecule has 0 bridgehead atoms. The SMILES string of the molecule is CCN(c1ccc(C(=O)O)cn1)c1cc(OCC(C)C)c(C(C)C)cc1C. The van der Waals surface area contributed by atoms with Crippen LogP contribution in [0.4, 0.5) is 11.5 Å². The Kier molecular flexibility index (Phi) is 6.83. The van der Waals surface area contributed by atoms with Gasteiger partial charge in [-0.2, -0.15) is 0 Å². The van der Waals surface area contributed by atoms with Gasteiger partial charge >= 0.3 is 5.97 Å². The third-order valence-electron chi connectivity index (χ3n) is 4.40. The fraction of sp³-hybridized carbons (Fsp3) is 0.455. The second-order valence-electron chi connectivity index (χ2n) is 7.49. The summed E-state index contributed by atoms with van der Waals surface area (Å²) in [6, 6.07) is 7.60. The molecule has 0 unspecified atom stereocenters. The molecule has 0 saturated carbocycles. The first kappa shape index (κ1) is 20.7. The summed E-state index contributed by atoms with van der Waals surface area (Å²) in [4.78, 5) is 17.5. The van der Waals surface area contributed by atoms with Crippen molar-refractivity contribution in [2.45, 2.75) is 47.5 Å². The maximum Gasteiger partial charge on any atom is 0.337 e. The molecule has 1 heterocycles. The maximum atomic E-state index is 11.1. The van der Waals surface area contributed by atoms with Crippen LogP contribution in [-0.2, 0) is 0 Å². The van der Waals surface area contributed by atoms with Crippen LogP contribution in [-0.4, -0.2) is 29.2 Å². The molecule has 27 heavy (non-hydrogen) atoms. The highest BCUT2D eigenvalue weighted by Gasteiger charge is 2.18. The minimum Gasteiger partial charge on any atom is -0.493 e. The maximum absolute atomic E-state index is 11.1. The molecule has 0 spiro atoms. The minimum absolute atomic E-state index is 0.183. The quantitative estimate of drug-likeness (QED) is 0.673. The lowest BCUT2D eigenvalue weighted by molar-refractivity contribution is 0.0696. The first-order chi connectivity index (χ1) is 12.7. The number of rotatable bonds is 8. The summed E-state index contributed by atoms with van der Waals surface area (Å²) >= 11 is 0. The predicted octanol–water partition coefficient (Wildman–Crippen LogP) is 5.40. The van der Waals surface area contributed by atoms with Crippen LogP contribution in [0.5, 0.6) is 5.75 Å². The Hall–Kier alpha value is -2.56. The van der Waals surface area contributed by atoms with Gasteiger partial charge in [0.2, 0.25) is 0 Å². The van der Waals surface area contributed by atoms with Crippen molar-refractivity contribution < 1.29 is 14.6 Å². The number of hydrogen-bond donors (Lipinski definition) is 1. The number of ether oxygens (including phenoxy) is 1. The molecule has 5 nitrogen and oxygen atoms in total. The molecule has 0 radical (unpaired) electrons. The summed E-state index contributed by atoms with van der Waals surface area (Å²) in [6.07, 6.45) is 1.40. The Balaban J connectivity index is 2.46. The van der Waals surface area contributed by atoms with Crippen molar-refractivity contribution in [3.05, 3.63) is 47.2 Å². The summed E-state index contributed by atoms with van der Waals surface area (Å²) in [5.41, 5.74) is 3.54. The Morgan fingerprint density at radius 1 is 1.22 bits per heavy atom. The second kappa shape index (κ2) is 8.89.